The van der Waals surface area contributed by atoms with Crippen LogP contribution in [0, 0.1) is 0 Å². The van der Waals surface area contributed by atoms with E-state index >= 15 is 0 Å². The Hall–Kier alpha value is -1.29. The number of rotatable bonds is 3. The zero-order valence-electron chi connectivity index (χ0n) is 11.0. The minimum Gasteiger partial charge on any atom is -0.378 e. The maximum atomic E-state index is 4.41. The molecular formula is C13H22N4. The van der Waals surface area contributed by atoms with E-state index in [9.17, 15) is 0 Å². The first kappa shape index (κ1) is 12.2. The van der Waals surface area contributed by atoms with Gasteiger partial charge in [-0.25, -0.2) is 4.98 Å². The van der Waals surface area contributed by atoms with Crippen molar-refractivity contribution in [3.63, 3.8) is 0 Å². The summed E-state index contributed by atoms with van der Waals surface area (Å²) in [6.45, 7) is 2.33. The van der Waals surface area contributed by atoms with Crippen molar-refractivity contribution in [1.29, 1.82) is 0 Å². The van der Waals surface area contributed by atoms with Crippen molar-refractivity contribution >= 4 is 11.5 Å². The van der Waals surface area contributed by atoms with E-state index in [4.69, 9.17) is 0 Å². The molecule has 0 amide bonds. The second kappa shape index (κ2) is 5.36. The lowest BCUT2D eigenvalue weighted by Crippen LogP contribution is -2.40. The average Bonchev–Trinajstić information content (AvgIpc) is 2.29. The van der Waals surface area contributed by atoms with Crippen LogP contribution in [-0.4, -0.2) is 50.2 Å². The molecule has 4 heteroatoms. The first-order valence-electron chi connectivity index (χ1n) is 6.24. The predicted molar refractivity (Wildman–Crippen MR) is 72.7 cm³/mol. The number of likely N-dealkylation sites (N-methyl/N-ethyl adjacent to an activating group) is 1. The van der Waals surface area contributed by atoms with E-state index in [2.05, 4.69) is 33.2 Å². The fourth-order valence-electron chi connectivity index (χ4n) is 2.37. The minimum absolute atomic E-state index is 0.539. The van der Waals surface area contributed by atoms with Crippen LogP contribution in [0.2, 0.25) is 0 Å². The van der Waals surface area contributed by atoms with E-state index < -0.39 is 0 Å². The van der Waals surface area contributed by atoms with Gasteiger partial charge in [0.1, 0.15) is 0 Å². The largest absolute Gasteiger partial charge is 0.378 e. The van der Waals surface area contributed by atoms with Crippen molar-refractivity contribution in [2.24, 2.45) is 0 Å². The zero-order valence-corrected chi connectivity index (χ0v) is 11.0. The van der Waals surface area contributed by atoms with Gasteiger partial charge >= 0.3 is 0 Å². The van der Waals surface area contributed by atoms with Crippen molar-refractivity contribution in [1.82, 2.24) is 9.88 Å². The normalized spacial score (nSPS) is 21.2. The Morgan fingerprint density at radius 3 is 3.00 bits per heavy atom. The molecule has 17 heavy (non-hydrogen) atoms. The molecule has 1 fully saturated rings. The fraction of sp³-hybridized carbons (Fsp3) is 0.615. The van der Waals surface area contributed by atoms with E-state index in [1.165, 1.54) is 19.4 Å². The van der Waals surface area contributed by atoms with Gasteiger partial charge in [-0.1, -0.05) is 0 Å². The van der Waals surface area contributed by atoms with Crippen molar-refractivity contribution < 1.29 is 0 Å². The summed E-state index contributed by atoms with van der Waals surface area (Å²) in [6.07, 6.45) is 4.35. The molecule has 0 bridgehead atoms. The highest BCUT2D eigenvalue weighted by Gasteiger charge is 2.18. The first-order valence-corrected chi connectivity index (χ1v) is 6.24. The lowest BCUT2D eigenvalue weighted by Gasteiger charge is -2.31. The Balaban J connectivity index is 2.07. The number of hydrogen-bond acceptors (Lipinski definition) is 4. The van der Waals surface area contributed by atoms with Crippen molar-refractivity contribution in [3.05, 3.63) is 18.3 Å². The number of nitrogens with zero attached hydrogens (tertiary/aromatic N) is 3. The van der Waals surface area contributed by atoms with Crippen LogP contribution in [0.1, 0.15) is 12.8 Å². The molecule has 1 aromatic rings. The van der Waals surface area contributed by atoms with E-state index in [0.717, 1.165) is 18.1 Å². The molecule has 0 aliphatic carbocycles. The third-order valence-electron chi connectivity index (χ3n) is 3.19. The van der Waals surface area contributed by atoms with Crippen LogP contribution in [0.5, 0.6) is 0 Å². The van der Waals surface area contributed by atoms with Gasteiger partial charge in [0.2, 0.25) is 0 Å². The Morgan fingerprint density at radius 1 is 1.47 bits per heavy atom. The monoisotopic (exact) mass is 234 g/mol. The van der Waals surface area contributed by atoms with Gasteiger partial charge in [0.05, 0.1) is 5.69 Å². The highest BCUT2D eigenvalue weighted by Crippen LogP contribution is 2.23. The quantitative estimate of drug-likeness (QED) is 0.862. The molecule has 0 spiro atoms. The van der Waals surface area contributed by atoms with Crippen LogP contribution >= 0.6 is 0 Å². The molecule has 1 saturated heterocycles. The molecule has 1 aliphatic rings. The fourth-order valence-corrected chi connectivity index (χ4v) is 2.37. The minimum atomic E-state index is 0.539. The standard InChI is InChI=1S/C13H22N4/c1-16(2)13-12(7-4-8-14-13)15-11-6-5-9-17(3)10-11/h4,7-8,11,15H,5-6,9-10H2,1-3H3. The number of nitrogens with one attached hydrogen (secondary N) is 1. The number of piperidine rings is 1. The van der Waals surface area contributed by atoms with E-state index in [-0.39, 0.29) is 0 Å². The average molecular weight is 234 g/mol. The van der Waals surface area contributed by atoms with Crippen LogP contribution in [0.3, 0.4) is 0 Å². The molecule has 0 saturated carbocycles. The van der Waals surface area contributed by atoms with Gasteiger partial charge in [0, 0.05) is 32.9 Å². The topological polar surface area (TPSA) is 31.4 Å². The van der Waals surface area contributed by atoms with Crippen LogP contribution in [0.4, 0.5) is 11.5 Å². The van der Waals surface area contributed by atoms with E-state index in [1.54, 1.807) is 0 Å². The maximum Gasteiger partial charge on any atom is 0.151 e. The summed E-state index contributed by atoms with van der Waals surface area (Å²) in [7, 11) is 6.24. The van der Waals surface area contributed by atoms with Gasteiger partial charge < -0.3 is 15.1 Å². The first-order chi connectivity index (χ1) is 8.16. The molecule has 1 aliphatic heterocycles. The summed E-state index contributed by atoms with van der Waals surface area (Å²) in [5.74, 6) is 1.01. The maximum absolute atomic E-state index is 4.41. The molecule has 2 heterocycles. The number of hydrogen-bond donors (Lipinski definition) is 1. The Kier molecular flexibility index (Phi) is 3.84. The van der Waals surface area contributed by atoms with Gasteiger partial charge in [-0.3, -0.25) is 0 Å². The summed E-state index contributed by atoms with van der Waals surface area (Å²) in [5.41, 5.74) is 1.14. The van der Waals surface area contributed by atoms with Gasteiger partial charge in [-0.15, -0.1) is 0 Å². The Morgan fingerprint density at radius 2 is 2.29 bits per heavy atom. The van der Waals surface area contributed by atoms with Crippen molar-refractivity contribution in [2.75, 3.05) is 44.4 Å². The number of aromatic nitrogens is 1. The number of likely N-dealkylation sites (tertiary alicyclic amines) is 1. The molecule has 0 aromatic carbocycles. The van der Waals surface area contributed by atoms with Crippen LogP contribution < -0.4 is 10.2 Å². The van der Waals surface area contributed by atoms with E-state index in [1.807, 2.05) is 26.4 Å². The SMILES string of the molecule is CN1CCCC(Nc2cccnc2N(C)C)C1. The highest BCUT2D eigenvalue weighted by atomic mass is 15.2. The third-order valence-corrected chi connectivity index (χ3v) is 3.19. The molecule has 1 N–H and O–H groups in total. The molecule has 94 valence electrons. The summed E-state index contributed by atoms with van der Waals surface area (Å²) in [5, 5.41) is 3.62. The summed E-state index contributed by atoms with van der Waals surface area (Å²) >= 11 is 0. The molecule has 1 unspecified atom stereocenters. The lowest BCUT2D eigenvalue weighted by atomic mass is 10.1. The molecular weight excluding hydrogens is 212 g/mol. The summed E-state index contributed by atoms with van der Waals surface area (Å²) < 4.78 is 0. The van der Waals surface area contributed by atoms with Crippen LogP contribution in [0.15, 0.2) is 18.3 Å². The highest BCUT2D eigenvalue weighted by molar-refractivity contribution is 5.65. The number of anilines is 2. The lowest BCUT2D eigenvalue weighted by molar-refractivity contribution is 0.261. The number of pyridine rings is 1. The molecule has 2 rings (SSSR count). The van der Waals surface area contributed by atoms with Crippen molar-refractivity contribution in [3.8, 4) is 0 Å². The molecule has 0 radical (unpaired) electrons. The summed E-state index contributed by atoms with van der Waals surface area (Å²) in [4.78, 5) is 8.84. The molecule has 1 aromatic heterocycles. The Labute approximate surface area is 104 Å². The smallest absolute Gasteiger partial charge is 0.151 e. The van der Waals surface area contributed by atoms with E-state index in [0.29, 0.717) is 6.04 Å². The second-order valence-electron chi connectivity index (χ2n) is 5.01. The molecule has 1 atom stereocenters. The summed E-state index contributed by atoms with van der Waals surface area (Å²) in [6, 6.07) is 4.63. The predicted octanol–water partition coefficient (Wildman–Crippen LogP) is 1.65. The van der Waals surface area contributed by atoms with Gasteiger partial charge in [-0.05, 0) is 38.6 Å². The van der Waals surface area contributed by atoms with Gasteiger partial charge in [0.25, 0.3) is 0 Å². The van der Waals surface area contributed by atoms with Crippen molar-refractivity contribution in [2.45, 2.75) is 18.9 Å². The van der Waals surface area contributed by atoms with Crippen LogP contribution in [0.25, 0.3) is 0 Å². The third kappa shape index (κ3) is 3.09. The van der Waals surface area contributed by atoms with Gasteiger partial charge in [-0.2, -0.15) is 0 Å². The zero-order chi connectivity index (χ0) is 12.3. The van der Waals surface area contributed by atoms with Gasteiger partial charge in [0.15, 0.2) is 5.82 Å². The molecule has 4 nitrogen and oxygen atoms in total. The Bertz CT molecular complexity index is 364. The van der Waals surface area contributed by atoms with Crippen LogP contribution in [-0.2, 0) is 0 Å². The second-order valence-corrected chi connectivity index (χ2v) is 5.01.